The number of nitrogens with one attached hydrogen (secondary N) is 1. The van der Waals surface area contributed by atoms with Gasteiger partial charge in [0.1, 0.15) is 5.03 Å². The van der Waals surface area contributed by atoms with E-state index in [1.807, 2.05) is 17.0 Å². The summed E-state index contributed by atoms with van der Waals surface area (Å²) in [6, 6.07) is 10.4. The van der Waals surface area contributed by atoms with E-state index in [0.717, 1.165) is 48.7 Å². The van der Waals surface area contributed by atoms with E-state index in [2.05, 4.69) is 48.2 Å². The van der Waals surface area contributed by atoms with Crippen LogP contribution in [0.3, 0.4) is 0 Å². The van der Waals surface area contributed by atoms with Gasteiger partial charge in [-0.15, -0.1) is 11.8 Å². The minimum Gasteiger partial charge on any atom is -0.361 e. The van der Waals surface area contributed by atoms with Crippen LogP contribution < -0.4 is 0 Å². The van der Waals surface area contributed by atoms with Crippen LogP contribution in [0.4, 0.5) is 0 Å². The number of piperidine rings is 1. The molecule has 5 heteroatoms. The van der Waals surface area contributed by atoms with Crippen LogP contribution in [0.25, 0.3) is 10.9 Å². The maximum atomic E-state index is 13.1. The summed E-state index contributed by atoms with van der Waals surface area (Å²) < 4.78 is 0. The molecule has 0 bridgehead atoms. The molecule has 1 aliphatic heterocycles. The van der Waals surface area contributed by atoms with E-state index < -0.39 is 0 Å². The van der Waals surface area contributed by atoms with Crippen LogP contribution in [0.1, 0.15) is 53.6 Å². The predicted molar refractivity (Wildman–Crippen MR) is 116 cm³/mol. The second kappa shape index (κ2) is 8.39. The molecule has 4 nitrogen and oxygen atoms in total. The molecule has 3 aromatic rings. The van der Waals surface area contributed by atoms with Crippen LogP contribution in [0, 0.1) is 6.92 Å². The lowest BCUT2D eigenvalue weighted by molar-refractivity contribution is 0.0709. The van der Waals surface area contributed by atoms with Gasteiger partial charge in [0.15, 0.2) is 0 Å². The van der Waals surface area contributed by atoms with E-state index in [1.54, 1.807) is 18.0 Å². The van der Waals surface area contributed by atoms with Gasteiger partial charge in [-0.25, -0.2) is 4.98 Å². The molecule has 0 saturated carbocycles. The van der Waals surface area contributed by atoms with E-state index in [-0.39, 0.29) is 5.91 Å². The molecule has 0 unspecified atom stereocenters. The number of likely N-dealkylation sites (tertiary alicyclic amines) is 1. The van der Waals surface area contributed by atoms with Gasteiger partial charge in [-0.05, 0) is 67.7 Å². The maximum Gasteiger partial charge on any atom is 0.256 e. The van der Waals surface area contributed by atoms with Crippen LogP contribution in [-0.2, 0) is 0 Å². The third-order valence-electron chi connectivity index (χ3n) is 5.54. The monoisotopic (exact) mass is 393 g/mol. The second-order valence-corrected chi connectivity index (χ2v) is 8.65. The van der Waals surface area contributed by atoms with Gasteiger partial charge in [-0.3, -0.25) is 4.79 Å². The molecular formula is C23H27N3OS. The number of hydrogen-bond donors (Lipinski definition) is 1. The first-order chi connectivity index (χ1) is 13.7. The Balaban J connectivity index is 1.47. The van der Waals surface area contributed by atoms with E-state index in [0.29, 0.717) is 5.92 Å². The number of fused-ring (bicyclic) bond motifs is 1. The van der Waals surface area contributed by atoms with Crippen molar-refractivity contribution in [3.63, 3.8) is 0 Å². The number of aromatic nitrogens is 2. The molecule has 3 heterocycles. The van der Waals surface area contributed by atoms with Crippen LogP contribution in [0.5, 0.6) is 0 Å². The Morgan fingerprint density at radius 3 is 2.89 bits per heavy atom. The second-order valence-electron chi connectivity index (χ2n) is 7.56. The van der Waals surface area contributed by atoms with Gasteiger partial charge in [0.2, 0.25) is 0 Å². The van der Waals surface area contributed by atoms with Gasteiger partial charge in [-0.2, -0.15) is 0 Å². The normalized spacial score (nSPS) is 15.3. The van der Waals surface area contributed by atoms with Crippen molar-refractivity contribution < 1.29 is 4.79 Å². The average molecular weight is 394 g/mol. The van der Waals surface area contributed by atoms with E-state index in [4.69, 9.17) is 0 Å². The fourth-order valence-electron chi connectivity index (χ4n) is 4.03. The molecular weight excluding hydrogens is 366 g/mol. The van der Waals surface area contributed by atoms with E-state index in [1.165, 1.54) is 22.0 Å². The summed E-state index contributed by atoms with van der Waals surface area (Å²) in [5.41, 5.74) is 4.63. The molecule has 0 spiro atoms. The molecule has 4 rings (SSSR count). The summed E-state index contributed by atoms with van der Waals surface area (Å²) in [6.45, 7) is 5.89. The van der Waals surface area contributed by atoms with Crippen LogP contribution in [0.2, 0.25) is 0 Å². The number of rotatable bonds is 5. The van der Waals surface area contributed by atoms with E-state index in [9.17, 15) is 4.79 Å². The van der Waals surface area contributed by atoms with Crippen molar-refractivity contribution in [3.8, 4) is 0 Å². The van der Waals surface area contributed by atoms with Crippen molar-refractivity contribution in [2.24, 2.45) is 0 Å². The molecule has 146 valence electrons. The van der Waals surface area contributed by atoms with Gasteiger partial charge < -0.3 is 9.88 Å². The molecule has 2 aromatic heterocycles. The highest BCUT2D eigenvalue weighted by atomic mass is 32.2. The largest absolute Gasteiger partial charge is 0.361 e. The number of nitrogens with zero attached hydrogens (tertiary/aromatic N) is 2. The molecule has 1 aliphatic rings. The SMILES string of the molecule is CCCSc1ncccc1C(=O)N1CCC(c2c[nH]c3ccc(C)cc23)CC1. The number of carbonyl (C=O) groups is 1. The summed E-state index contributed by atoms with van der Waals surface area (Å²) >= 11 is 1.68. The van der Waals surface area contributed by atoms with E-state index >= 15 is 0 Å². The quantitative estimate of drug-likeness (QED) is 0.591. The fourth-order valence-corrected chi connectivity index (χ4v) is 4.87. The minimum absolute atomic E-state index is 0.125. The zero-order chi connectivity index (χ0) is 19.5. The highest BCUT2D eigenvalue weighted by Gasteiger charge is 2.27. The smallest absolute Gasteiger partial charge is 0.256 e. The Bertz CT molecular complexity index is 973. The average Bonchev–Trinajstić information content (AvgIpc) is 3.15. The highest BCUT2D eigenvalue weighted by molar-refractivity contribution is 7.99. The summed E-state index contributed by atoms with van der Waals surface area (Å²) in [7, 11) is 0. The third-order valence-corrected chi connectivity index (χ3v) is 6.75. The zero-order valence-electron chi connectivity index (χ0n) is 16.6. The zero-order valence-corrected chi connectivity index (χ0v) is 17.4. The van der Waals surface area contributed by atoms with Crippen molar-refractivity contribution in [2.45, 2.75) is 44.1 Å². The molecule has 1 amide bonds. The Hall–Kier alpha value is -2.27. The first-order valence-electron chi connectivity index (χ1n) is 10.1. The number of carbonyl (C=O) groups excluding carboxylic acids is 1. The Morgan fingerprint density at radius 2 is 2.11 bits per heavy atom. The molecule has 1 N–H and O–H groups in total. The molecule has 0 atom stereocenters. The molecule has 0 radical (unpaired) electrons. The lowest BCUT2D eigenvalue weighted by Gasteiger charge is -2.32. The van der Waals surface area contributed by atoms with Crippen LogP contribution in [-0.4, -0.2) is 39.6 Å². The number of aryl methyl sites for hydroxylation is 1. The molecule has 1 fully saturated rings. The van der Waals surface area contributed by atoms with Crippen molar-refractivity contribution in [2.75, 3.05) is 18.8 Å². The third kappa shape index (κ3) is 3.81. The Kier molecular flexibility index (Phi) is 5.72. The summed E-state index contributed by atoms with van der Waals surface area (Å²) in [5, 5.41) is 2.19. The predicted octanol–water partition coefficient (Wildman–Crippen LogP) is 5.39. The van der Waals surface area contributed by atoms with Crippen LogP contribution >= 0.6 is 11.8 Å². The van der Waals surface area contributed by atoms with Gasteiger partial charge >= 0.3 is 0 Å². The standard InChI is InChI=1S/C23H27N3OS/c1-3-13-28-22-18(5-4-10-24-22)23(27)26-11-8-17(9-12-26)20-15-25-21-7-6-16(2)14-19(20)21/h4-7,10,14-15,17,25H,3,8-9,11-13H2,1-2H3. The van der Waals surface area contributed by atoms with Gasteiger partial charge in [0.25, 0.3) is 5.91 Å². The van der Waals surface area contributed by atoms with Gasteiger partial charge in [0, 0.05) is 36.4 Å². The summed E-state index contributed by atoms with van der Waals surface area (Å²) in [5.74, 6) is 1.61. The van der Waals surface area contributed by atoms with Crippen LogP contribution in [0.15, 0.2) is 47.8 Å². The van der Waals surface area contributed by atoms with Crippen molar-refractivity contribution in [3.05, 3.63) is 59.4 Å². The lowest BCUT2D eigenvalue weighted by Crippen LogP contribution is -2.38. The number of benzene rings is 1. The van der Waals surface area contributed by atoms with Gasteiger partial charge in [-0.1, -0.05) is 18.6 Å². The van der Waals surface area contributed by atoms with Gasteiger partial charge in [0.05, 0.1) is 5.56 Å². The number of aromatic amines is 1. The number of hydrogen-bond acceptors (Lipinski definition) is 3. The number of H-pyrrole nitrogens is 1. The number of thioether (sulfide) groups is 1. The molecule has 0 aliphatic carbocycles. The van der Waals surface area contributed by atoms with Crippen molar-refractivity contribution in [1.82, 2.24) is 14.9 Å². The topological polar surface area (TPSA) is 49.0 Å². The highest BCUT2D eigenvalue weighted by Crippen LogP contribution is 2.34. The first-order valence-corrected chi connectivity index (χ1v) is 11.1. The number of amides is 1. The summed E-state index contributed by atoms with van der Waals surface area (Å²) in [4.78, 5) is 23.0. The first kappa shape index (κ1) is 19.1. The van der Waals surface area contributed by atoms with Crippen molar-refractivity contribution >= 4 is 28.6 Å². The summed E-state index contributed by atoms with van der Waals surface area (Å²) in [6.07, 6.45) is 7.02. The molecule has 1 saturated heterocycles. The minimum atomic E-state index is 0.125. The lowest BCUT2D eigenvalue weighted by atomic mass is 9.88. The Morgan fingerprint density at radius 1 is 1.29 bits per heavy atom. The Labute approximate surface area is 170 Å². The fraction of sp³-hybridized carbons (Fsp3) is 0.391. The maximum absolute atomic E-state index is 13.1. The van der Waals surface area contributed by atoms with Crippen molar-refractivity contribution in [1.29, 1.82) is 0 Å². The molecule has 1 aromatic carbocycles. The number of pyridine rings is 1. The molecule has 28 heavy (non-hydrogen) atoms.